The number of ether oxygens (including phenoxy) is 1. The number of anilines is 1. The Morgan fingerprint density at radius 3 is 1.64 bits per heavy atom. The van der Waals surface area contributed by atoms with Gasteiger partial charge in [-0.3, -0.25) is 14.5 Å². The van der Waals surface area contributed by atoms with E-state index in [0.29, 0.717) is 18.9 Å². The van der Waals surface area contributed by atoms with Crippen LogP contribution in [0.2, 0.25) is 0 Å². The van der Waals surface area contributed by atoms with E-state index in [1.165, 1.54) is 30.8 Å². The quantitative estimate of drug-likeness (QED) is 0.0887. The smallest absolute Gasteiger partial charge is 0.407 e. The minimum Gasteiger partial charge on any atom is -0.465 e. The van der Waals surface area contributed by atoms with Gasteiger partial charge in [0.15, 0.2) is 0 Å². The van der Waals surface area contributed by atoms with Gasteiger partial charge in [0.2, 0.25) is 11.8 Å². The normalized spacial score (nSPS) is 20.5. The molecule has 5 heterocycles. The molecule has 0 radical (unpaired) electrons. The summed E-state index contributed by atoms with van der Waals surface area (Å²) in [6, 6.07) is 24.7. The number of amides is 4. The first kappa shape index (κ1) is 50.1. The minimum atomic E-state index is -1.12. The van der Waals surface area contributed by atoms with Gasteiger partial charge in [0, 0.05) is 60.9 Å². The van der Waals surface area contributed by atoms with Gasteiger partial charge in [-0.1, -0.05) is 109 Å². The lowest BCUT2D eigenvalue weighted by molar-refractivity contribution is -0.138. The lowest BCUT2D eigenvalue weighted by Crippen LogP contribution is -2.51. The van der Waals surface area contributed by atoms with Gasteiger partial charge in [0.25, 0.3) is 0 Å². The van der Waals surface area contributed by atoms with E-state index >= 15 is 0 Å². The summed E-state index contributed by atoms with van der Waals surface area (Å²) in [5, 5.41) is 12.5. The van der Waals surface area contributed by atoms with Crippen LogP contribution in [0, 0.1) is 11.8 Å². The van der Waals surface area contributed by atoms with Crippen LogP contribution in [0.15, 0.2) is 85.2 Å². The molecule has 0 saturated carbocycles. The van der Waals surface area contributed by atoms with Crippen LogP contribution in [-0.4, -0.2) is 115 Å². The number of likely N-dealkylation sites (N-methyl/N-ethyl adjacent to an activating group) is 1. The number of thioether (sulfide) groups is 1. The number of likely N-dealkylation sites (tertiary alicyclic amines) is 2. The summed E-state index contributed by atoms with van der Waals surface area (Å²) < 4.78 is 4.81. The SMILES string of the molecule is COC(=O)N[C@H](C(=O)N1CCC[C@H]1c1nc(-c2ccc([C@@H]3CSC[C@@H](c4ccc(-c5c[nH]c([C@@H]6CCCN6C(=O)[C@H](C(C)C)N(C)C(=O)O)n5)cc4)N3c3ccc(C(C)(C)C)cc3)cc2)c[nH]1)C(C)C. The van der Waals surface area contributed by atoms with Crippen molar-refractivity contribution in [3.8, 4) is 22.5 Å². The average molecular weight is 972 g/mol. The van der Waals surface area contributed by atoms with E-state index in [4.69, 9.17) is 14.7 Å². The van der Waals surface area contributed by atoms with Gasteiger partial charge in [-0.05, 0) is 71.8 Å². The topological polar surface area (TPSA) is 180 Å². The van der Waals surface area contributed by atoms with Crippen molar-refractivity contribution in [3.63, 3.8) is 0 Å². The molecule has 4 amide bonds. The molecule has 3 aliphatic rings. The highest BCUT2D eigenvalue weighted by atomic mass is 32.2. The Hall–Kier alpha value is -6.29. The molecule has 372 valence electrons. The van der Waals surface area contributed by atoms with Crippen LogP contribution in [0.1, 0.15) is 127 Å². The van der Waals surface area contributed by atoms with Crippen LogP contribution in [0.25, 0.3) is 22.5 Å². The summed E-state index contributed by atoms with van der Waals surface area (Å²) in [6.07, 6.45) is 5.26. The fourth-order valence-corrected chi connectivity index (χ4v) is 11.7. The maximum Gasteiger partial charge on any atom is 0.407 e. The zero-order valence-corrected chi connectivity index (χ0v) is 42.8. The third-order valence-electron chi connectivity index (χ3n) is 14.3. The van der Waals surface area contributed by atoms with Crippen molar-refractivity contribution in [3.05, 3.63) is 114 Å². The van der Waals surface area contributed by atoms with Crippen molar-refractivity contribution < 1.29 is 29.0 Å². The number of methoxy groups -OCH3 is 1. The number of imidazole rings is 2. The predicted octanol–water partition coefficient (Wildman–Crippen LogP) is 10.1. The van der Waals surface area contributed by atoms with Gasteiger partial charge in [0.05, 0.1) is 42.7 Å². The van der Waals surface area contributed by atoms with Crippen molar-refractivity contribution in [1.29, 1.82) is 0 Å². The zero-order chi connectivity index (χ0) is 50.0. The standard InChI is InChI=1S/C54H69N9O6S/c1-32(2)46(59-52(66)69-9)50(64)61-26-10-12-42(61)48-55-28-40(57-48)34-14-18-36(19-15-34)44-30-70-31-45(63(44)39-24-22-38(23-25-39)54(5,6)7)37-20-16-35(17-21-37)41-29-56-49(58-41)43-13-11-27-62(43)51(65)47(33(3)4)60(8)53(67)68/h14-25,28-29,32-33,42-47H,10-13,26-27,30-31H2,1-9H3,(H,55,57)(H,56,58)(H,59,66)(H,67,68)/t42-,43-,44-,45-,46-,47-/m0/s1. The lowest BCUT2D eigenvalue weighted by atomic mass is 9.87. The molecule has 8 rings (SSSR count). The highest BCUT2D eigenvalue weighted by Crippen LogP contribution is 2.45. The van der Waals surface area contributed by atoms with Crippen LogP contribution in [0.4, 0.5) is 15.3 Å². The largest absolute Gasteiger partial charge is 0.465 e. The van der Waals surface area contributed by atoms with Gasteiger partial charge in [-0.15, -0.1) is 0 Å². The molecule has 4 N–H and O–H groups in total. The Bertz CT molecular complexity index is 2620. The highest BCUT2D eigenvalue weighted by Gasteiger charge is 2.41. The third kappa shape index (κ3) is 10.4. The van der Waals surface area contributed by atoms with Crippen molar-refractivity contribution in [2.75, 3.05) is 43.7 Å². The Morgan fingerprint density at radius 1 is 0.729 bits per heavy atom. The number of aromatic nitrogens is 4. The summed E-state index contributed by atoms with van der Waals surface area (Å²) in [5.74, 6) is 2.64. The monoisotopic (exact) mass is 972 g/mol. The number of H-pyrrole nitrogens is 2. The number of hydrogen-bond donors (Lipinski definition) is 4. The minimum absolute atomic E-state index is 0.0158. The molecule has 6 atom stereocenters. The van der Waals surface area contributed by atoms with Gasteiger partial charge in [-0.2, -0.15) is 11.8 Å². The van der Waals surface area contributed by atoms with Crippen molar-refractivity contribution in [2.45, 2.75) is 116 Å². The molecule has 0 aliphatic carbocycles. The maximum atomic E-state index is 13.8. The molecule has 3 fully saturated rings. The number of rotatable bonds is 13. The molecule has 3 aliphatic heterocycles. The second-order valence-corrected chi connectivity index (χ2v) is 21.8. The summed E-state index contributed by atoms with van der Waals surface area (Å²) >= 11 is 1.96. The van der Waals surface area contributed by atoms with E-state index in [1.807, 2.05) is 56.8 Å². The molecule has 0 spiro atoms. The summed E-state index contributed by atoms with van der Waals surface area (Å²) in [7, 11) is 2.76. The van der Waals surface area contributed by atoms with Gasteiger partial charge < -0.3 is 39.8 Å². The zero-order valence-electron chi connectivity index (χ0n) is 41.9. The third-order valence-corrected chi connectivity index (χ3v) is 15.4. The fraction of sp³-hybridized carbons (Fsp3) is 0.481. The molecule has 70 heavy (non-hydrogen) atoms. The highest BCUT2D eigenvalue weighted by molar-refractivity contribution is 7.99. The second kappa shape index (κ2) is 21.0. The number of carbonyl (C=O) groups excluding carboxylic acids is 3. The molecule has 16 heteroatoms. The first-order chi connectivity index (χ1) is 33.4. The van der Waals surface area contributed by atoms with Crippen LogP contribution in [-0.2, 0) is 19.7 Å². The molecule has 0 unspecified atom stereocenters. The van der Waals surface area contributed by atoms with Gasteiger partial charge in [0.1, 0.15) is 23.7 Å². The van der Waals surface area contributed by atoms with E-state index in [-0.39, 0.29) is 53.2 Å². The van der Waals surface area contributed by atoms with E-state index in [9.17, 15) is 24.3 Å². The second-order valence-electron chi connectivity index (χ2n) is 20.7. The van der Waals surface area contributed by atoms with Crippen LogP contribution in [0.5, 0.6) is 0 Å². The Balaban J connectivity index is 1.02. The average Bonchev–Trinajstić information content (AvgIpc) is 4.20. The number of alkyl carbamates (subject to hydrolysis) is 1. The van der Waals surface area contributed by atoms with Crippen molar-refractivity contribution in [2.24, 2.45) is 11.8 Å². The summed E-state index contributed by atoms with van der Waals surface area (Å²) in [5.41, 5.74) is 8.40. The summed E-state index contributed by atoms with van der Waals surface area (Å²) in [6.45, 7) is 15.4. The van der Waals surface area contributed by atoms with E-state index in [2.05, 4.69) is 114 Å². The number of benzene rings is 3. The molecule has 0 bridgehead atoms. The summed E-state index contributed by atoms with van der Waals surface area (Å²) in [4.78, 5) is 75.7. The van der Waals surface area contributed by atoms with E-state index < -0.39 is 24.3 Å². The van der Waals surface area contributed by atoms with Crippen molar-refractivity contribution in [1.82, 2.24) is 40.0 Å². The first-order valence-electron chi connectivity index (χ1n) is 24.6. The molecular weight excluding hydrogens is 903 g/mol. The molecule has 3 saturated heterocycles. The first-order valence-corrected chi connectivity index (χ1v) is 25.8. The number of aromatic amines is 2. The number of nitrogens with zero attached hydrogens (tertiary/aromatic N) is 6. The van der Waals surface area contributed by atoms with Crippen LogP contribution < -0.4 is 10.2 Å². The van der Waals surface area contributed by atoms with E-state index in [0.717, 1.165) is 76.1 Å². The molecule has 15 nitrogen and oxygen atoms in total. The lowest BCUT2D eigenvalue weighted by Gasteiger charge is -2.44. The Kier molecular flexibility index (Phi) is 15.0. The number of carbonyl (C=O) groups is 4. The van der Waals surface area contributed by atoms with Crippen LogP contribution >= 0.6 is 11.8 Å². The number of carboxylic acid groups (broad SMARTS) is 1. The number of nitrogens with one attached hydrogen (secondary N) is 3. The Morgan fingerprint density at radius 2 is 1.21 bits per heavy atom. The van der Waals surface area contributed by atoms with Crippen molar-refractivity contribution >= 4 is 41.5 Å². The molecular formula is C54H69N9O6S. The van der Waals surface area contributed by atoms with Gasteiger partial charge in [-0.25, -0.2) is 19.6 Å². The Labute approximate surface area is 416 Å². The van der Waals surface area contributed by atoms with Gasteiger partial charge >= 0.3 is 12.2 Å². The number of hydrogen-bond acceptors (Lipinski definition) is 9. The predicted molar refractivity (Wildman–Crippen MR) is 274 cm³/mol. The van der Waals surface area contributed by atoms with Crippen LogP contribution in [0.3, 0.4) is 0 Å². The van der Waals surface area contributed by atoms with E-state index in [1.54, 1.807) is 4.90 Å². The fourth-order valence-electron chi connectivity index (χ4n) is 10.4. The maximum absolute atomic E-state index is 13.8. The molecule has 2 aromatic heterocycles. The molecule has 5 aromatic rings. The molecule has 3 aromatic carbocycles.